The molecule has 0 bridgehead atoms. The predicted octanol–water partition coefficient (Wildman–Crippen LogP) is 1.72. The molecule has 1 aliphatic rings. The Kier molecular flexibility index (Phi) is 3.53. The van der Waals surface area contributed by atoms with Crippen LogP contribution in [0.1, 0.15) is 11.6 Å². The van der Waals surface area contributed by atoms with E-state index in [1.807, 2.05) is 0 Å². The maximum atomic E-state index is 9.61. The minimum Gasteiger partial charge on any atom is -0.503 e. The largest absolute Gasteiger partial charge is 0.503 e. The van der Waals surface area contributed by atoms with Crippen LogP contribution >= 0.6 is 11.6 Å². The second-order valence-corrected chi connectivity index (χ2v) is 4.04. The summed E-state index contributed by atoms with van der Waals surface area (Å²) >= 11 is 5.92. The van der Waals surface area contributed by atoms with E-state index in [4.69, 9.17) is 21.1 Å². The van der Waals surface area contributed by atoms with Gasteiger partial charge in [0.1, 0.15) is 0 Å². The lowest BCUT2D eigenvalue weighted by molar-refractivity contribution is 0.0768. The smallest absolute Gasteiger partial charge is 0.176 e. The molecule has 4 nitrogen and oxygen atoms in total. The lowest BCUT2D eigenvalue weighted by Crippen LogP contribution is -2.34. The number of ether oxygens (including phenoxy) is 2. The minimum absolute atomic E-state index is 0.0235. The first-order valence-corrected chi connectivity index (χ1v) is 5.47. The number of methoxy groups -OCH3 is 1. The zero-order valence-electron chi connectivity index (χ0n) is 9.00. The maximum absolute atomic E-state index is 9.61. The number of phenolic OH excluding ortho intramolecular Hbond substituents is 1. The fourth-order valence-corrected chi connectivity index (χ4v) is 1.95. The summed E-state index contributed by atoms with van der Waals surface area (Å²) in [6.45, 7) is 2.13. The molecule has 88 valence electrons. The van der Waals surface area contributed by atoms with Crippen LogP contribution in [-0.2, 0) is 4.74 Å². The molecule has 0 radical (unpaired) electrons. The molecule has 0 amide bonds. The van der Waals surface area contributed by atoms with E-state index < -0.39 is 0 Å². The molecule has 1 aromatic rings. The zero-order chi connectivity index (χ0) is 11.5. The van der Waals surface area contributed by atoms with Crippen LogP contribution in [0.4, 0.5) is 0 Å². The number of halogens is 1. The Balaban J connectivity index is 2.29. The van der Waals surface area contributed by atoms with Crippen LogP contribution in [0.15, 0.2) is 12.1 Å². The van der Waals surface area contributed by atoms with Crippen LogP contribution in [0.5, 0.6) is 11.5 Å². The topological polar surface area (TPSA) is 50.7 Å². The van der Waals surface area contributed by atoms with Gasteiger partial charge in [0.15, 0.2) is 11.5 Å². The minimum atomic E-state index is -0.0235. The van der Waals surface area contributed by atoms with E-state index in [9.17, 15) is 5.11 Å². The lowest BCUT2D eigenvalue weighted by atomic mass is 10.1. The summed E-state index contributed by atoms with van der Waals surface area (Å²) in [5, 5.41) is 13.2. The van der Waals surface area contributed by atoms with E-state index in [0.717, 1.165) is 18.7 Å². The highest BCUT2D eigenvalue weighted by atomic mass is 35.5. The average Bonchev–Trinajstić information content (AvgIpc) is 2.33. The molecule has 1 atom stereocenters. The van der Waals surface area contributed by atoms with Crippen molar-refractivity contribution >= 4 is 11.6 Å². The highest BCUT2D eigenvalue weighted by Crippen LogP contribution is 2.36. The highest BCUT2D eigenvalue weighted by Gasteiger charge is 2.18. The second kappa shape index (κ2) is 4.91. The van der Waals surface area contributed by atoms with E-state index >= 15 is 0 Å². The van der Waals surface area contributed by atoms with Crippen LogP contribution in [0.25, 0.3) is 0 Å². The summed E-state index contributed by atoms with van der Waals surface area (Å²) in [5.74, 6) is 0.361. The Bertz CT molecular complexity index is 378. The van der Waals surface area contributed by atoms with E-state index in [0.29, 0.717) is 17.4 Å². The second-order valence-electron chi connectivity index (χ2n) is 3.64. The van der Waals surface area contributed by atoms with Crippen molar-refractivity contribution in [2.45, 2.75) is 6.04 Å². The molecule has 1 fully saturated rings. The highest BCUT2D eigenvalue weighted by molar-refractivity contribution is 6.32. The number of nitrogens with one attached hydrogen (secondary N) is 1. The molecule has 5 heteroatoms. The Morgan fingerprint density at radius 1 is 1.56 bits per heavy atom. The fourth-order valence-electron chi connectivity index (χ4n) is 1.73. The van der Waals surface area contributed by atoms with Crippen molar-refractivity contribution in [2.75, 3.05) is 26.9 Å². The van der Waals surface area contributed by atoms with Crippen molar-refractivity contribution in [3.8, 4) is 11.5 Å². The Hall–Kier alpha value is -0.970. The standard InChI is InChI=1S/C11H14ClNO3/c1-15-10-5-7(4-8(12)11(10)14)9-6-16-3-2-13-9/h4-5,9,13-14H,2-3,6H2,1H3/t9-/m1/s1. The summed E-state index contributed by atoms with van der Waals surface area (Å²) in [5.41, 5.74) is 0.958. The van der Waals surface area contributed by atoms with E-state index in [1.54, 1.807) is 12.1 Å². The number of rotatable bonds is 2. The molecule has 0 saturated carbocycles. The summed E-state index contributed by atoms with van der Waals surface area (Å²) in [4.78, 5) is 0. The van der Waals surface area contributed by atoms with Crippen molar-refractivity contribution in [3.63, 3.8) is 0 Å². The van der Waals surface area contributed by atoms with E-state index in [1.165, 1.54) is 7.11 Å². The van der Waals surface area contributed by atoms with Crippen LogP contribution < -0.4 is 10.1 Å². The van der Waals surface area contributed by atoms with Crippen LogP contribution in [0, 0.1) is 0 Å². The Labute approximate surface area is 99.1 Å². The summed E-state index contributed by atoms with van der Waals surface area (Å²) < 4.78 is 10.4. The number of morpholine rings is 1. The monoisotopic (exact) mass is 243 g/mol. The zero-order valence-corrected chi connectivity index (χ0v) is 9.75. The average molecular weight is 244 g/mol. The van der Waals surface area contributed by atoms with Crippen molar-refractivity contribution in [2.24, 2.45) is 0 Å². The molecule has 0 spiro atoms. The summed E-state index contributed by atoms with van der Waals surface area (Å²) in [6, 6.07) is 3.60. The Morgan fingerprint density at radius 3 is 3.00 bits per heavy atom. The first kappa shape index (κ1) is 11.5. The van der Waals surface area contributed by atoms with Gasteiger partial charge in [-0.25, -0.2) is 0 Å². The van der Waals surface area contributed by atoms with Gasteiger partial charge in [-0.05, 0) is 17.7 Å². The molecule has 1 aliphatic heterocycles. The van der Waals surface area contributed by atoms with Crippen molar-refractivity contribution in [1.29, 1.82) is 0 Å². The van der Waals surface area contributed by atoms with Gasteiger partial charge < -0.3 is 19.9 Å². The molecule has 16 heavy (non-hydrogen) atoms. The van der Waals surface area contributed by atoms with Gasteiger partial charge in [0, 0.05) is 6.54 Å². The molecule has 0 aliphatic carbocycles. The van der Waals surface area contributed by atoms with Crippen molar-refractivity contribution in [3.05, 3.63) is 22.7 Å². The van der Waals surface area contributed by atoms with Crippen molar-refractivity contribution in [1.82, 2.24) is 5.32 Å². The molecule has 1 aromatic carbocycles. The van der Waals surface area contributed by atoms with Crippen LogP contribution in [0.3, 0.4) is 0 Å². The van der Waals surface area contributed by atoms with Crippen LogP contribution in [-0.4, -0.2) is 32.0 Å². The van der Waals surface area contributed by atoms with Crippen LogP contribution in [0.2, 0.25) is 5.02 Å². The maximum Gasteiger partial charge on any atom is 0.176 e. The molecule has 0 aromatic heterocycles. The first-order valence-electron chi connectivity index (χ1n) is 5.10. The van der Waals surface area contributed by atoms with Gasteiger partial charge in [0.25, 0.3) is 0 Å². The van der Waals surface area contributed by atoms with Gasteiger partial charge in [0.05, 0.1) is 31.4 Å². The number of aromatic hydroxyl groups is 1. The molecule has 2 rings (SSSR count). The molecular weight excluding hydrogens is 230 g/mol. The van der Waals surface area contributed by atoms with E-state index in [2.05, 4.69) is 5.32 Å². The van der Waals surface area contributed by atoms with Gasteiger partial charge in [-0.2, -0.15) is 0 Å². The third-order valence-corrected chi connectivity index (χ3v) is 2.88. The van der Waals surface area contributed by atoms with Gasteiger partial charge in [-0.15, -0.1) is 0 Å². The number of phenols is 1. The third-order valence-electron chi connectivity index (χ3n) is 2.59. The van der Waals surface area contributed by atoms with E-state index in [-0.39, 0.29) is 11.8 Å². The molecular formula is C11H14ClNO3. The fraction of sp³-hybridized carbons (Fsp3) is 0.455. The first-order chi connectivity index (χ1) is 7.72. The summed E-state index contributed by atoms with van der Waals surface area (Å²) in [7, 11) is 1.50. The predicted molar refractivity (Wildman–Crippen MR) is 61.2 cm³/mol. The van der Waals surface area contributed by atoms with Gasteiger partial charge >= 0.3 is 0 Å². The third kappa shape index (κ3) is 2.24. The normalized spacial score (nSPS) is 20.8. The van der Waals surface area contributed by atoms with Crippen molar-refractivity contribution < 1.29 is 14.6 Å². The molecule has 1 saturated heterocycles. The Morgan fingerprint density at radius 2 is 2.38 bits per heavy atom. The summed E-state index contributed by atoms with van der Waals surface area (Å²) in [6.07, 6.45) is 0. The SMILES string of the molecule is COc1cc([C@H]2COCCN2)cc(Cl)c1O. The molecule has 0 unspecified atom stereocenters. The molecule has 2 N–H and O–H groups in total. The molecule has 1 heterocycles. The quantitative estimate of drug-likeness (QED) is 0.831. The van der Waals surface area contributed by atoms with Gasteiger partial charge in [0.2, 0.25) is 0 Å². The number of hydrogen-bond donors (Lipinski definition) is 2. The number of hydrogen-bond acceptors (Lipinski definition) is 4. The number of benzene rings is 1. The lowest BCUT2D eigenvalue weighted by Gasteiger charge is -2.24. The van der Waals surface area contributed by atoms with Gasteiger partial charge in [-0.3, -0.25) is 0 Å². The van der Waals surface area contributed by atoms with Gasteiger partial charge in [-0.1, -0.05) is 11.6 Å².